The van der Waals surface area contributed by atoms with E-state index in [0.717, 1.165) is 111 Å². The standard InChI is InChI=1S/C28H31N7O3.C26H29N7O2.CH3O.Na/c1-17-3-6-20(7-4-17)35-24-14-29-11-9-21(24)22-13-30-28(33-27(22)35)32-25-8-5-19-15-34(12-10-23(19)31-25)26(37)16-38-18(2)36;1-16-2-5-18(6-3-16)33-22-13-27-10-8-19(22)20-12-28-26(31-25(20)33)30-23-7-4-17-14-32(24(35)15-34)11-9-21(17)29-23;1-2;/h5,8-9,11,13-14,17,20H,3-4,6-7,10,12,15-16H2,1-2H3,(H,30,31,32,33);4,7-8,10,12-13,16,18,34H,2-3,5-6,9,11,14-15H2,1H3,(H,28,29,30,31);1H3;/q;;-1;+1. The van der Waals surface area contributed by atoms with E-state index in [-0.39, 0.29) is 48.0 Å². The molecule has 2 aliphatic carbocycles. The van der Waals surface area contributed by atoms with Crippen LogP contribution in [0.4, 0.5) is 23.5 Å². The van der Waals surface area contributed by atoms with Gasteiger partial charge in [0.25, 0.3) is 5.91 Å². The van der Waals surface area contributed by atoms with E-state index in [0.29, 0.717) is 74.6 Å². The number of amides is 2. The topological polar surface area (TPSA) is 247 Å². The molecular formula is C55H63N14NaO6. The summed E-state index contributed by atoms with van der Waals surface area (Å²) in [5.41, 5.74) is 7.94. The van der Waals surface area contributed by atoms with Gasteiger partial charge in [-0.2, -0.15) is 17.1 Å². The third kappa shape index (κ3) is 11.5. The van der Waals surface area contributed by atoms with Crippen LogP contribution in [0.15, 0.2) is 73.6 Å². The second-order valence-corrected chi connectivity index (χ2v) is 20.1. The third-order valence-corrected chi connectivity index (χ3v) is 15.2. The molecule has 8 aromatic rings. The smallest absolute Gasteiger partial charge is 0.857 e. The van der Waals surface area contributed by atoms with Crippen LogP contribution in [-0.4, -0.2) is 115 Å². The number of carbonyl (C=O) groups is 3. The van der Waals surface area contributed by atoms with E-state index in [1.807, 2.05) is 73.6 Å². The van der Waals surface area contributed by atoms with Crippen molar-refractivity contribution in [3.05, 3.63) is 96.1 Å². The van der Waals surface area contributed by atoms with Gasteiger partial charge in [-0.25, -0.2) is 19.9 Å². The maximum Gasteiger partial charge on any atom is 1.00 e. The number of aromatic nitrogens is 10. The van der Waals surface area contributed by atoms with Gasteiger partial charge in [0.15, 0.2) is 6.61 Å². The zero-order valence-electron chi connectivity index (χ0n) is 43.9. The number of esters is 1. The van der Waals surface area contributed by atoms with Gasteiger partial charge in [0.05, 0.1) is 23.4 Å². The Morgan fingerprint density at radius 1 is 0.618 bits per heavy atom. The van der Waals surface area contributed by atoms with Gasteiger partial charge >= 0.3 is 35.5 Å². The van der Waals surface area contributed by atoms with Gasteiger partial charge in [0.1, 0.15) is 29.5 Å². The maximum atomic E-state index is 12.3. The molecule has 0 saturated heterocycles. The van der Waals surface area contributed by atoms with E-state index < -0.39 is 12.6 Å². The number of rotatable bonds is 9. The van der Waals surface area contributed by atoms with Crippen LogP contribution in [0.5, 0.6) is 0 Å². The summed E-state index contributed by atoms with van der Waals surface area (Å²) in [7, 11) is 0.750. The summed E-state index contributed by atoms with van der Waals surface area (Å²) in [6.07, 6.45) is 22.0. The van der Waals surface area contributed by atoms with Crippen molar-refractivity contribution < 1.29 is 58.9 Å². The maximum absolute atomic E-state index is 12.3. The fourth-order valence-electron chi connectivity index (χ4n) is 11.2. The zero-order valence-corrected chi connectivity index (χ0v) is 45.9. The molecule has 2 fully saturated rings. The molecule has 0 bridgehead atoms. The molecule has 76 heavy (non-hydrogen) atoms. The Hall–Kier alpha value is -6.71. The number of aliphatic hydroxyl groups is 1. The Balaban J connectivity index is 0.000000178. The predicted molar refractivity (Wildman–Crippen MR) is 282 cm³/mol. The number of ether oxygens (including phenoxy) is 1. The molecule has 8 aromatic heterocycles. The Bertz CT molecular complexity index is 3390. The molecule has 0 aromatic carbocycles. The number of anilines is 4. The minimum Gasteiger partial charge on any atom is -0.857 e. The monoisotopic (exact) mass is 1040 g/mol. The molecule has 10 heterocycles. The fourth-order valence-corrected chi connectivity index (χ4v) is 11.2. The molecule has 0 unspecified atom stereocenters. The molecule has 12 rings (SSSR count). The molecule has 0 radical (unpaired) electrons. The normalized spacial score (nSPS) is 19.1. The van der Waals surface area contributed by atoms with Crippen molar-refractivity contribution in [2.24, 2.45) is 11.8 Å². The van der Waals surface area contributed by atoms with Crippen molar-refractivity contribution in [3.63, 3.8) is 0 Å². The van der Waals surface area contributed by atoms with Gasteiger partial charge in [-0.1, -0.05) is 26.0 Å². The Kier molecular flexibility index (Phi) is 17.1. The first-order valence-electron chi connectivity index (χ1n) is 26.0. The summed E-state index contributed by atoms with van der Waals surface area (Å²) in [6.45, 7) is 7.27. The van der Waals surface area contributed by atoms with Crippen LogP contribution in [0.3, 0.4) is 0 Å². The van der Waals surface area contributed by atoms with Crippen molar-refractivity contribution in [1.82, 2.24) is 58.8 Å². The number of pyridine rings is 4. The van der Waals surface area contributed by atoms with Crippen LogP contribution in [0.1, 0.15) is 107 Å². The predicted octanol–water partition coefficient (Wildman–Crippen LogP) is 4.04. The second kappa shape index (κ2) is 24.1. The first-order chi connectivity index (χ1) is 36.6. The van der Waals surface area contributed by atoms with Crippen LogP contribution < -0.4 is 45.3 Å². The summed E-state index contributed by atoms with van der Waals surface area (Å²) in [5.74, 6) is 2.98. The number of carbonyl (C=O) groups excluding carboxylic acids is 3. The SMILES string of the molecule is CC(=O)OCC(=O)N1CCc2nc(Nc3ncc4c5ccncc5n(C5CCC(C)CC5)c4n3)ccc2C1.CC1CCC(n2c3cnccc3c3cnc(Nc4ccc5c(n4)CCN(C(=O)CO)C5)nc32)CC1.C[O-].[Na+]. The Morgan fingerprint density at radius 2 is 1.07 bits per heavy atom. The molecule has 0 spiro atoms. The van der Waals surface area contributed by atoms with Gasteiger partial charge in [0, 0.05) is 116 Å². The van der Waals surface area contributed by atoms with Gasteiger partial charge in [-0.15, -0.1) is 0 Å². The van der Waals surface area contributed by atoms with Gasteiger partial charge in [-0.05, 0) is 98.6 Å². The molecule has 21 heteroatoms. The third-order valence-electron chi connectivity index (χ3n) is 15.2. The minimum atomic E-state index is -0.463. The average molecular weight is 1040 g/mol. The van der Waals surface area contributed by atoms with Gasteiger partial charge < -0.3 is 44.5 Å². The average Bonchev–Trinajstić information content (AvgIpc) is 3.95. The fraction of sp³-hybridized carbons (Fsp3) is 0.436. The molecule has 3 N–H and O–H groups in total. The largest absolute Gasteiger partial charge is 1.00 e. The van der Waals surface area contributed by atoms with E-state index in [4.69, 9.17) is 34.9 Å². The molecule has 390 valence electrons. The van der Waals surface area contributed by atoms with E-state index in [1.165, 1.54) is 32.6 Å². The quantitative estimate of drug-likeness (QED) is 0.136. The summed E-state index contributed by atoms with van der Waals surface area (Å²) in [6, 6.07) is 12.6. The van der Waals surface area contributed by atoms with Crippen molar-refractivity contribution in [2.75, 3.05) is 44.0 Å². The molecule has 2 aliphatic heterocycles. The number of aliphatic hydroxyl groups excluding tert-OH is 1. The summed E-state index contributed by atoms with van der Waals surface area (Å²) < 4.78 is 9.58. The molecule has 2 amide bonds. The van der Waals surface area contributed by atoms with E-state index >= 15 is 0 Å². The molecular weight excluding hydrogens is 976 g/mol. The van der Waals surface area contributed by atoms with E-state index in [2.05, 4.69) is 53.6 Å². The zero-order chi connectivity index (χ0) is 52.2. The van der Waals surface area contributed by atoms with Crippen LogP contribution >= 0.6 is 0 Å². The van der Waals surface area contributed by atoms with Crippen molar-refractivity contribution in [2.45, 2.75) is 110 Å². The Morgan fingerprint density at radius 3 is 1.50 bits per heavy atom. The molecule has 20 nitrogen and oxygen atoms in total. The summed E-state index contributed by atoms with van der Waals surface area (Å²) in [4.78, 5) is 76.0. The Labute approximate surface area is 462 Å². The number of fused-ring (bicyclic) bond motifs is 8. The number of hydrogen-bond acceptors (Lipinski definition) is 16. The van der Waals surface area contributed by atoms with Gasteiger partial charge in [-0.3, -0.25) is 24.4 Å². The first-order valence-corrected chi connectivity index (χ1v) is 26.0. The molecule has 4 aliphatic rings. The second-order valence-electron chi connectivity index (χ2n) is 20.1. The van der Waals surface area contributed by atoms with Crippen molar-refractivity contribution >= 4 is 85.2 Å². The van der Waals surface area contributed by atoms with Crippen LogP contribution in [0.25, 0.3) is 43.9 Å². The molecule has 2 saturated carbocycles. The first kappa shape index (κ1) is 54.1. The number of nitrogens with zero attached hydrogens (tertiary/aromatic N) is 12. The van der Waals surface area contributed by atoms with E-state index in [1.54, 1.807) is 9.80 Å². The minimum absolute atomic E-state index is 0. The summed E-state index contributed by atoms with van der Waals surface area (Å²) >= 11 is 0. The van der Waals surface area contributed by atoms with Crippen LogP contribution in [-0.2, 0) is 45.1 Å². The van der Waals surface area contributed by atoms with Crippen molar-refractivity contribution in [1.29, 1.82) is 0 Å². The van der Waals surface area contributed by atoms with Crippen molar-refractivity contribution in [3.8, 4) is 0 Å². The molecule has 0 atom stereocenters. The summed E-state index contributed by atoms with van der Waals surface area (Å²) in [5, 5.41) is 28.3. The van der Waals surface area contributed by atoms with Gasteiger partial charge in [0.2, 0.25) is 17.8 Å². The van der Waals surface area contributed by atoms with E-state index in [9.17, 15) is 14.4 Å². The van der Waals surface area contributed by atoms with Crippen LogP contribution in [0, 0.1) is 11.8 Å². The number of hydrogen-bond donors (Lipinski definition) is 3. The van der Waals surface area contributed by atoms with Crippen LogP contribution in [0.2, 0.25) is 0 Å². The number of nitrogens with one attached hydrogen (secondary N) is 2.